The molecule has 0 aliphatic heterocycles. The van der Waals surface area contributed by atoms with Crippen LogP contribution in [0.3, 0.4) is 0 Å². The first-order chi connectivity index (χ1) is 14.8. The minimum Gasteiger partial charge on any atom is -0.0654 e. The lowest BCUT2D eigenvalue weighted by atomic mass is 9.38. The lowest BCUT2D eigenvalue weighted by molar-refractivity contribution is -0.178. The molecule has 7 fully saturated rings. The second-order valence-corrected chi connectivity index (χ2v) is 14.8. The third kappa shape index (κ3) is 2.66. The first-order valence-corrected chi connectivity index (χ1v) is 14.8. The van der Waals surface area contributed by atoms with Gasteiger partial charge in [-0.15, -0.1) is 0 Å². The third-order valence-electron chi connectivity index (χ3n) is 13.6. The molecule has 0 amide bonds. The van der Waals surface area contributed by atoms with Crippen LogP contribution < -0.4 is 0 Å². The fourth-order valence-corrected chi connectivity index (χ4v) is 11.7. The molecular weight excluding hydrogens is 372 g/mol. The maximum Gasteiger partial charge on any atom is -0.0147 e. The van der Waals surface area contributed by atoms with Crippen LogP contribution in [0, 0.1) is 69.0 Å². The Hall–Kier alpha value is 0. The molecule has 7 rings (SSSR count). The molecule has 0 nitrogen and oxygen atoms in total. The molecule has 2 bridgehead atoms. The van der Waals surface area contributed by atoms with Crippen LogP contribution in [0.4, 0.5) is 0 Å². The molecule has 0 aromatic rings. The molecule has 0 saturated heterocycles. The van der Waals surface area contributed by atoms with Crippen molar-refractivity contribution in [3.05, 3.63) is 0 Å². The minimum absolute atomic E-state index is 0.683. The quantitative estimate of drug-likeness (QED) is 0.274. The molecular formula is C31H52. The van der Waals surface area contributed by atoms with Crippen LogP contribution in [0.1, 0.15) is 125 Å². The molecule has 7 aliphatic carbocycles. The second-order valence-electron chi connectivity index (χ2n) is 14.8. The lowest BCUT2D eigenvalue weighted by Crippen LogP contribution is -2.59. The summed E-state index contributed by atoms with van der Waals surface area (Å²) in [5.74, 6) is 8.74. The van der Waals surface area contributed by atoms with Gasteiger partial charge in [0, 0.05) is 0 Å². The summed E-state index contributed by atoms with van der Waals surface area (Å²) >= 11 is 0. The standard InChI is InChI=1S/C31H52/c1-7-9-14-30-18-28(5,19-30)31(26-16-25(30)27(26)31)24-15-22(24)13-11-10-12-20(3)21(4)29(6)17-23(29)8-2/h20-27H,7-19H2,1-6H3. The maximum atomic E-state index is 2.76. The molecule has 176 valence electrons. The molecule has 31 heavy (non-hydrogen) atoms. The molecule has 7 aliphatic rings. The Bertz CT molecular complexity index is 714. The van der Waals surface area contributed by atoms with Gasteiger partial charge in [-0.05, 0) is 108 Å². The smallest absolute Gasteiger partial charge is 0.0147 e. The van der Waals surface area contributed by atoms with E-state index >= 15 is 0 Å². The van der Waals surface area contributed by atoms with Crippen molar-refractivity contribution in [2.75, 3.05) is 0 Å². The molecule has 0 aromatic carbocycles. The second kappa shape index (κ2) is 6.78. The third-order valence-corrected chi connectivity index (χ3v) is 13.6. The van der Waals surface area contributed by atoms with Crippen LogP contribution in [0.25, 0.3) is 0 Å². The highest BCUT2D eigenvalue weighted by molar-refractivity contribution is 5.39. The highest BCUT2D eigenvalue weighted by Crippen LogP contribution is 2.98. The molecule has 0 N–H and O–H groups in total. The van der Waals surface area contributed by atoms with E-state index in [0.29, 0.717) is 5.41 Å². The van der Waals surface area contributed by atoms with Gasteiger partial charge in [-0.3, -0.25) is 0 Å². The summed E-state index contributed by atoms with van der Waals surface area (Å²) in [5.41, 5.74) is 3.15. The highest BCUT2D eigenvalue weighted by atomic mass is 15.0. The lowest BCUT2D eigenvalue weighted by Gasteiger charge is -2.66. The van der Waals surface area contributed by atoms with Gasteiger partial charge in [-0.1, -0.05) is 86.5 Å². The zero-order valence-corrected chi connectivity index (χ0v) is 21.8. The van der Waals surface area contributed by atoms with Crippen molar-refractivity contribution in [2.45, 2.75) is 125 Å². The normalized spacial score (nSPS) is 56.7. The van der Waals surface area contributed by atoms with Crippen molar-refractivity contribution in [2.24, 2.45) is 69.0 Å². The fraction of sp³-hybridized carbons (Fsp3) is 1.00. The highest BCUT2D eigenvalue weighted by Gasteiger charge is 2.92. The summed E-state index contributed by atoms with van der Waals surface area (Å²) in [7, 11) is 0. The van der Waals surface area contributed by atoms with Crippen molar-refractivity contribution in [3.63, 3.8) is 0 Å². The van der Waals surface area contributed by atoms with Gasteiger partial charge in [0.1, 0.15) is 0 Å². The summed E-state index contributed by atoms with van der Waals surface area (Å²) in [5, 5.41) is 0. The SMILES string of the molecule is CCCCC12CC(C)(C1)C1(C3CC3CCCCC(C)C(C)C3(C)CC3CC)C3CC2C31. The van der Waals surface area contributed by atoms with E-state index in [9.17, 15) is 0 Å². The van der Waals surface area contributed by atoms with Gasteiger partial charge in [0.15, 0.2) is 0 Å². The molecule has 0 aromatic heterocycles. The Kier molecular flexibility index (Phi) is 4.71. The summed E-state index contributed by atoms with van der Waals surface area (Å²) < 4.78 is 0. The van der Waals surface area contributed by atoms with Crippen molar-refractivity contribution in [3.8, 4) is 0 Å². The Balaban J connectivity index is 0.976. The predicted octanol–water partition coefficient (Wildman–Crippen LogP) is 9.13. The average Bonchev–Trinajstić information content (AvgIpc) is 3.61. The first-order valence-electron chi connectivity index (χ1n) is 14.8. The van der Waals surface area contributed by atoms with Crippen molar-refractivity contribution < 1.29 is 0 Å². The Morgan fingerprint density at radius 1 is 0.903 bits per heavy atom. The average molecular weight is 425 g/mol. The predicted molar refractivity (Wildman–Crippen MR) is 132 cm³/mol. The van der Waals surface area contributed by atoms with Crippen molar-refractivity contribution in [1.29, 1.82) is 0 Å². The van der Waals surface area contributed by atoms with Crippen LogP contribution in [-0.2, 0) is 0 Å². The van der Waals surface area contributed by atoms with Gasteiger partial charge in [0.25, 0.3) is 0 Å². The Labute approximate surface area is 194 Å². The number of rotatable bonds is 12. The van der Waals surface area contributed by atoms with Crippen LogP contribution >= 0.6 is 0 Å². The minimum atomic E-state index is 0.683. The van der Waals surface area contributed by atoms with E-state index in [1.165, 1.54) is 62.7 Å². The van der Waals surface area contributed by atoms with E-state index in [-0.39, 0.29) is 0 Å². The van der Waals surface area contributed by atoms with E-state index in [4.69, 9.17) is 0 Å². The van der Waals surface area contributed by atoms with Gasteiger partial charge in [-0.2, -0.15) is 0 Å². The summed E-state index contributed by atoms with van der Waals surface area (Å²) in [6.45, 7) is 15.3. The van der Waals surface area contributed by atoms with Crippen molar-refractivity contribution in [1.82, 2.24) is 0 Å². The Morgan fingerprint density at radius 3 is 2.35 bits per heavy atom. The van der Waals surface area contributed by atoms with E-state index in [0.717, 1.165) is 45.8 Å². The summed E-state index contributed by atoms with van der Waals surface area (Å²) in [6.07, 6.45) is 20.0. The fourth-order valence-electron chi connectivity index (χ4n) is 11.7. The van der Waals surface area contributed by atoms with E-state index in [2.05, 4.69) is 41.5 Å². The molecule has 0 spiro atoms. The summed E-state index contributed by atoms with van der Waals surface area (Å²) in [4.78, 5) is 0. The van der Waals surface area contributed by atoms with Gasteiger partial charge in [0.2, 0.25) is 0 Å². The van der Waals surface area contributed by atoms with Crippen LogP contribution in [0.2, 0.25) is 0 Å². The monoisotopic (exact) mass is 424 g/mol. The number of unbranched alkanes of at least 4 members (excludes halogenated alkanes) is 2. The van der Waals surface area contributed by atoms with Crippen LogP contribution in [0.5, 0.6) is 0 Å². The van der Waals surface area contributed by atoms with E-state index in [1.807, 2.05) is 0 Å². The van der Waals surface area contributed by atoms with Gasteiger partial charge < -0.3 is 0 Å². The number of hydrogen-bond acceptors (Lipinski definition) is 0. The van der Waals surface area contributed by atoms with Crippen LogP contribution in [0.15, 0.2) is 0 Å². The number of hydrogen-bond donors (Lipinski definition) is 0. The zero-order chi connectivity index (χ0) is 21.8. The van der Waals surface area contributed by atoms with Gasteiger partial charge in [0.05, 0.1) is 0 Å². The van der Waals surface area contributed by atoms with Gasteiger partial charge in [-0.25, -0.2) is 0 Å². The largest absolute Gasteiger partial charge is 0.0654 e. The molecule has 0 radical (unpaired) electrons. The summed E-state index contributed by atoms with van der Waals surface area (Å²) in [6, 6.07) is 0. The molecule has 10 atom stereocenters. The van der Waals surface area contributed by atoms with Crippen molar-refractivity contribution >= 4 is 0 Å². The van der Waals surface area contributed by atoms with Gasteiger partial charge >= 0.3 is 0 Å². The van der Waals surface area contributed by atoms with E-state index < -0.39 is 0 Å². The first kappa shape index (κ1) is 21.5. The molecule has 7 saturated carbocycles. The van der Waals surface area contributed by atoms with E-state index in [1.54, 1.807) is 38.5 Å². The van der Waals surface area contributed by atoms with Crippen LogP contribution in [-0.4, -0.2) is 0 Å². The molecule has 0 heterocycles. The maximum absolute atomic E-state index is 2.76. The molecule has 10 unspecified atom stereocenters. The zero-order valence-electron chi connectivity index (χ0n) is 21.8. The molecule has 0 heteroatoms. The topological polar surface area (TPSA) is 0 Å². The Morgan fingerprint density at radius 2 is 1.68 bits per heavy atom.